The molecule has 106 valence electrons. The average Bonchev–Trinajstić information content (AvgIpc) is 2.28. The molecule has 3 unspecified atom stereocenters. The van der Waals surface area contributed by atoms with Crippen molar-refractivity contribution in [3.63, 3.8) is 0 Å². The summed E-state index contributed by atoms with van der Waals surface area (Å²) < 4.78 is 6.60. The first-order chi connectivity index (χ1) is 8.47. The van der Waals surface area contributed by atoms with Crippen molar-refractivity contribution in [2.75, 3.05) is 13.1 Å². The Bertz CT molecular complexity index is 274. The molecule has 1 aliphatic carbocycles. The second-order valence-corrected chi connectivity index (χ2v) is 7.28. The molecule has 2 nitrogen and oxygen atoms in total. The zero-order valence-electron chi connectivity index (χ0n) is 12.7. The van der Waals surface area contributed by atoms with Crippen LogP contribution in [0.2, 0.25) is 0 Å². The van der Waals surface area contributed by atoms with E-state index in [2.05, 4.69) is 33.0 Å². The Morgan fingerprint density at radius 2 is 2.11 bits per heavy atom. The molecule has 0 aromatic rings. The van der Waals surface area contributed by atoms with E-state index in [1.165, 1.54) is 32.1 Å². The summed E-state index contributed by atoms with van der Waals surface area (Å²) in [6.07, 6.45) is 7.76. The zero-order chi connectivity index (χ0) is 13.2. The lowest BCUT2D eigenvalue weighted by Crippen LogP contribution is -2.60. The van der Waals surface area contributed by atoms with Crippen LogP contribution >= 0.6 is 0 Å². The van der Waals surface area contributed by atoms with Crippen LogP contribution in [-0.2, 0) is 4.74 Å². The van der Waals surface area contributed by atoms with Gasteiger partial charge in [-0.05, 0) is 44.4 Å². The topological polar surface area (TPSA) is 21.3 Å². The van der Waals surface area contributed by atoms with Crippen molar-refractivity contribution in [2.24, 2.45) is 11.8 Å². The van der Waals surface area contributed by atoms with Crippen molar-refractivity contribution >= 4 is 0 Å². The van der Waals surface area contributed by atoms with Crippen molar-refractivity contribution in [2.45, 2.75) is 77.4 Å². The van der Waals surface area contributed by atoms with Crippen LogP contribution in [0, 0.1) is 11.8 Å². The monoisotopic (exact) mass is 253 g/mol. The van der Waals surface area contributed by atoms with E-state index in [1.807, 2.05) is 0 Å². The molecular weight excluding hydrogens is 222 g/mol. The zero-order valence-corrected chi connectivity index (χ0v) is 12.7. The van der Waals surface area contributed by atoms with Gasteiger partial charge in [-0.2, -0.15) is 0 Å². The normalized spacial score (nSPS) is 41.5. The van der Waals surface area contributed by atoms with Gasteiger partial charge in [-0.15, -0.1) is 0 Å². The first-order valence-corrected chi connectivity index (χ1v) is 7.88. The minimum Gasteiger partial charge on any atom is -0.366 e. The van der Waals surface area contributed by atoms with E-state index in [4.69, 9.17) is 4.74 Å². The van der Waals surface area contributed by atoms with Gasteiger partial charge in [0.1, 0.15) is 0 Å². The van der Waals surface area contributed by atoms with E-state index in [9.17, 15) is 0 Å². The Kier molecular flexibility index (Phi) is 4.38. The van der Waals surface area contributed by atoms with E-state index in [0.717, 1.165) is 31.3 Å². The highest BCUT2D eigenvalue weighted by Gasteiger charge is 2.44. The van der Waals surface area contributed by atoms with Crippen LogP contribution in [-0.4, -0.2) is 24.3 Å². The molecule has 1 saturated carbocycles. The third-order valence-corrected chi connectivity index (χ3v) is 4.87. The van der Waals surface area contributed by atoms with Gasteiger partial charge in [0.25, 0.3) is 0 Å². The summed E-state index contributed by atoms with van der Waals surface area (Å²) in [5, 5.41) is 3.64. The van der Waals surface area contributed by atoms with Crippen LogP contribution in [0.5, 0.6) is 0 Å². The lowest BCUT2D eigenvalue weighted by molar-refractivity contribution is -0.191. The minimum absolute atomic E-state index is 0.0535. The van der Waals surface area contributed by atoms with E-state index < -0.39 is 0 Å². The van der Waals surface area contributed by atoms with Crippen LogP contribution in [0.1, 0.15) is 66.2 Å². The number of ether oxygens (including phenoxy) is 1. The fourth-order valence-corrected chi connectivity index (χ4v) is 3.91. The van der Waals surface area contributed by atoms with E-state index in [-0.39, 0.29) is 11.2 Å². The van der Waals surface area contributed by atoms with Gasteiger partial charge in [-0.1, -0.05) is 33.6 Å². The maximum absolute atomic E-state index is 6.60. The molecule has 2 heteroatoms. The molecule has 2 fully saturated rings. The molecule has 2 rings (SSSR count). The van der Waals surface area contributed by atoms with E-state index >= 15 is 0 Å². The van der Waals surface area contributed by atoms with Crippen LogP contribution < -0.4 is 5.32 Å². The van der Waals surface area contributed by atoms with Crippen LogP contribution in [0.4, 0.5) is 0 Å². The summed E-state index contributed by atoms with van der Waals surface area (Å²) in [4.78, 5) is 0. The molecule has 3 atom stereocenters. The first kappa shape index (κ1) is 14.3. The molecule has 2 aliphatic rings. The van der Waals surface area contributed by atoms with Crippen molar-refractivity contribution in [3.05, 3.63) is 0 Å². The molecule has 0 bridgehead atoms. The highest BCUT2D eigenvalue weighted by molar-refractivity contribution is 4.97. The summed E-state index contributed by atoms with van der Waals surface area (Å²) in [5.74, 6) is 1.69. The first-order valence-electron chi connectivity index (χ1n) is 7.88. The molecule has 0 amide bonds. The maximum atomic E-state index is 6.60. The van der Waals surface area contributed by atoms with Crippen molar-refractivity contribution in [1.82, 2.24) is 5.32 Å². The third kappa shape index (κ3) is 3.27. The van der Waals surface area contributed by atoms with Gasteiger partial charge in [0.05, 0.1) is 11.2 Å². The lowest BCUT2D eigenvalue weighted by atomic mass is 9.73. The largest absolute Gasteiger partial charge is 0.366 e. The molecule has 0 aromatic heterocycles. The Labute approximate surface area is 113 Å². The van der Waals surface area contributed by atoms with Gasteiger partial charge in [-0.3, -0.25) is 0 Å². The van der Waals surface area contributed by atoms with Crippen LogP contribution in [0.3, 0.4) is 0 Å². The second kappa shape index (κ2) is 5.50. The van der Waals surface area contributed by atoms with Gasteiger partial charge in [0.2, 0.25) is 0 Å². The molecule has 0 radical (unpaired) electrons. The molecule has 1 aliphatic heterocycles. The van der Waals surface area contributed by atoms with Gasteiger partial charge >= 0.3 is 0 Å². The molecule has 0 aromatic carbocycles. The number of hydrogen-bond acceptors (Lipinski definition) is 2. The number of nitrogens with one attached hydrogen (secondary N) is 1. The van der Waals surface area contributed by atoms with E-state index in [1.54, 1.807) is 0 Å². The Balaban J connectivity index is 2.01. The summed E-state index contributed by atoms with van der Waals surface area (Å²) in [7, 11) is 0. The molecule has 1 N–H and O–H groups in total. The number of hydrogen-bond donors (Lipinski definition) is 1. The Morgan fingerprint density at radius 3 is 2.78 bits per heavy atom. The van der Waals surface area contributed by atoms with Crippen molar-refractivity contribution in [3.8, 4) is 0 Å². The lowest BCUT2D eigenvalue weighted by Gasteiger charge is -2.50. The van der Waals surface area contributed by atoms with Gasteiger partial charge in [0, 0.05) is 13.1 Å². The third-order valence-electron chi connectivity index (χ3n) is 4.87. The summed E-state index contributed by atoms with van der Waals surface area (Å²) in [6, 6.07) is 0. The second-order valence-electron chi connectivity index (χ2n) is 7.28. The highest BCUT2D eigenvalue weighted by Crippen LogP contribution is 2.42. The van der Waals surface area contributed by atoms with Crippen molar-refractivity contribution < 1.29 is 4.74 Å². The molecular formula is C16H31NO. The Morgan fingerprint density at radius 1 is 1.33 bits per heavy atom. The summed E-state index contributed by atoms with van der Waals surface area (Å²) in [5.41, 5.74) is 0.193. The number of rotatable bonds is 3. The highest BCUT2D eigenvalue weighted by atomic mass is 16.5. The number of morpholine rings is 1. The molecule has 1 spiro atoms. The van der Waals surface area contributed by atoms with Gasteiger partial charge in [0.15, 0.2) is 0 Å². The van der Waals surface area contributed by atoms with Gasteiger partial charge in [-0.25, -0.2) is 0 Å². The average molecular weight is 253 g/mol. The molecule has 1 heterocycles. The van der Waals surface area contributed by atoms with Crippen LogP contribution in [0.25, 0.3) is 0 Å². The molecule has 18 heavy (non-hydrogen) atoms. The predicted molar refractivity (Wildman–Crippen MR) is 76.8 cm³/mol. The Hall–Kier alpha value is -0.0800. The fraction of sp³-hybridized carbons (Fsp3) is 1.00. The maximum Gasteiger partial charge on any atom is 0.0817 e. The predicted octanol–water partition coefficient (Wildman–Crippen LogP) is 3.75. The quantitative estimate of drug-likeness (QED) is 0.827. The van der Waals surface area contributed by atoms with E-state index in [0.29, 0.717) is 0 Å². The molecule has 1 saturated heterocycles. The smallest absolute Gasteiger partial charge is 0.0817 e. The van der Waals surface area contributed by atoms with Crippen molar-refractivity contribution in [1.29, 1.82) is 0 Å². The summed E-state index contributed by atoms with van der Waals surface area (Å²) >= 11 is 0. The summed E-state index contributed by atoms with van der Waals surface area (Å²) in [6.45, 7) is 11.3. The fourth-order valence-electron chi connectivity index (χ4n) is 3.91. The van der Waals surface area contributed by atoms with Crippen LogP contribution in [0.15, 0.2) is 0 Å². The SMILES string of the molecule is CCC1(C)CNCC2(CCCC(CC(C)C)C2)O1. The standard InChI is InChI=1S/C16H31NO/c1-5-15(4)11-17-12-16(18-15)8-6-7-14(10-16)9-13(2)3/h13-14,17H,5-12H2,1-4H3. The minimum atomic E-state index is 0.0535. The van der Waals surface area contributed by atoms with Gasteiger partial charge < -0.3 is 10.1 Å².